The van der Waals surface area contributed by atoms with Crippen LogP contribution in [0, 0.1) is 0 Å². The minimum absolute atomic E-state index is 0.242. The Hall–Kier alpha value is -1.20. The van der Waals surface area contributed by atoms with E-state index in [9.17, 15) is 9.59 Å². The van der Waals surface area contributed by atoms with Crippen molar-refractivity contribution in [2.75, 3.05) is 26.2 Å². The molecule has 84 valence electrons. The summed E-state index contributed by atoms with van der Waals surface area (Å²) in [5.41, 5.74) is 0.390. The van der Waals surface area contributed by atoms with E-state index in [2.05, 4.69) is 11.9 Å². The second kappa shape index (κ2) is 5.63. The molecular weight excluding hydrogens is 196 g/mol. The fourth-order valence-electron chi connectivity index (χ4n) is 1.39. The highest BCUT2D eigenvalue weighted by Crippen LogP contribution is 2.00. The van der Waals surface area contributed by atoms with E-state index in [-0.39, 0.29) is 18.7 Å². The van der Waals surface area contributed by atoms with Crippen LogP contribution >= 0.6 is 0 Å². The normalized spacial score (nSPS) is 21.3. The van der Waals surface area contributed by atoms with Gasteiger partial charge in [-0.3, -0.25) is 10.2 Å². The molecule has 1 saturated heterocycles. The molecule has 5 heteroatoms. The standard InChI is InChI=1S/C10H16N2O3/c1-8(2)10(14)15-6-5-12-4-3-11-9(12)7-13/h7,9,11H,1,3-6H2,2H3. The molecule has 1 unspecified atom stereocenters. The van der Waals surface area contributed by atoms with E-state index in [0.29, 0.717) is 12.1 Å². The lowest BCUT2D eigenvalue weighted by atomic mass is 10.4. The lowest BCUT2D eigenvalue weighted by molar-refractivity contribution is -0.139. The van der Waals surface area contributed by atoms with Gasteiger partial charge in [0, 0.05) is 25.2 Å². The van der Waals surface area contributed by atoms with Gasteiger partial charge < -0.3 is 9.53 Å². The van der Waals surface area contributed by atoms with Crippen LogP contribution in [-0.2, 0) is 14.3 Å². The zero-order chi connectivity index (χ0) is 11.3. The number of nitrogens with zero attached hydrogens (tertiary/aromatic N) is 1. The summed E-state index contributed by atoms with van der Waals surface area (Å²) in [7, 11) is 0. The lowest BCUT2D eigenvalue weighted by Crippen LogP contribution is -2.39. The highest BCUT2D eigenvalue weighted by molar-refractivity contribution is 5.86. The predicted octanol–water partition coefficient (Wildman–Crippen LogP) is -0.464. The van der Waals surface area contributed by atoms with Gasteiger partial charge in [0.2, 0.25) is 0 Å². The van der Waals surface area contributed by atoms with E-state index in [4.69, 9.17) is 4.74 Å². The molecule has 0 spiro atoms. The largest absolute Gasteiger partial charge is 0.461 e. The van der Waals surface area contributed by atoms with Crippen LogP contribution in [-0.4, -0.2) is 49.6 Å². The van der Waals surface area contributed by atoms with E-state index in [1.54, 1.807) is 6.92 Å². The fourth-order valence-corrected chi connectivity index (χ4v) is 1.39. The van der Waals surface area contributed by atoms with Crippen molar-refractivity contribution < 1.29 is 14.3 Å². The van der Waals surface area contributed by atoms with Crippen LogP contribution in [0.5, 0.6) is 0 Å². The molecule has 0 saturated carbocycles. The topological polar surface area (TPSA) is 58.6 Å². The summed E-state index contributed by atoms with van der Waals surface area (Å²) in [6, 6.07) is 0. The van der Waals surface area contributed by atoms with E-state index >= 15 is 0 Å². The van der Waals surface area contributed by atoms with Crippen molar-refractivity contribution >= 4 is 12.3 Å². The number of nitrogens with one attached hydrogen (secondary N) is 1. The summed E-state index contributed by atoms with van der Waals surface area (Å²) in [5, 5.41) is 3.02. The van der Waals surface area contributed by atoms with Crippen LogP contribution in [0.15, 0.2) is 12.2 Å². The molecule has 1 heterocycles. The van der Waals surface area contributed by atoms with Crippen molar-refractivity contribution in [3.05, 3.63) is 12.2 Å². The zero-order valence-electron chi connectivity index (χ0n) is 8.86. The third-order valence-electron chi connectivity index (χ3n) is 2.23. The van der Waals surface area contributed by atoms with Crippen LogP contribution in [0.25, 0.3) is 0 Å². The average Bonchev–Trinajstić information content (AvgIpc) is 2.65. The van der Waals surface area contributed by atoms with Crippen molar-refractivity contribution in [1.82, 2.24) is 10.2 Å². The Morgan fingerprint density at radius 1 is 1.73 bits per heavy atom. The Morgan fingerprint density at radius 3 is 3.07 bits per heavy atom. The quantitative estimate of drug-likeness (QED) is 0.379. The molecular formula is C10H16N2O3. The van der Waals surface area contributed by atoms with Crippen molar-refractivity contribution in [2.45, 2.75) is 13.1 Å². The van der Waals surface area contributed by atoms with Gasteiger partial charge >= 0.3 is 5.97 Å². The molecule has 0 radical (unpaired) electrons. The molecule has 15 heavy (non-hydrogen) atoms. The molecule has 0 aliphatic carbocycles. The molecule has 1 N–H and O–H groups in total. The number of rotatable bonds is 5. The molecule has 1 rings (SSSR count). The smallest absolute Gasteiger partial charge is 0.333 e. The summed E-state index contributed by atoms with van der Waals surface area (Å²) in [6.07, 6.45) is 0.613. The van der Waals surface area contributed by atoms with Gasteiger partial charge in [-0.25, -0.2) is 4.79 Å². The molecule has 0 aromatic rings. The average molecular weight is 212 g/mol. The third kappa shape index (κ3) is 3.45. The van der Waals surface area contributed by atoms with E-state index in [1.807, 2.05) is 4.90 Å². The number of carbonyl (C=O) groups excluding carboxylic acids is 2. The van der Waals surface area contributed by atoms with E-state index in [0.717, 1.165) is 19.4 Å². The highest BCUT2D eigenvalue weighted by atomic mass is 16.5. The number of carbonyl (C=O) groups is 2. The van der Waals surface area contributed by atoms with Gasteiger partial charge in [-0.15, -0.1) is 0 Å². The molecule has 0 bridgehead atoms. The zero-order valence-corrected chi connectivity index (χ0v) is 8.86. The highest BCUT2D eigenvalue weighted by Gasteiger charge is 2.22. The Kier molecular flexibility index (Phi) is 4.45. The Labute approximate surface area is 89.1 Å². The van der Waals surface area contributed by atoms with Crippen molar-refractivity contribution in [1.29, 1.82) is 0 Å². The van der Waals surface area contributed by atoms with Crippen molar-refractivity contribution in [3.8, 4) is 0 Å². The maximum Gasteiger partial charge on any atom is 0.333 e. The van der Waals surface area contributed by atoms with Gasteiger partial charge in [0.25, 0.3) is 0 Å². The first-order chi connectivity index (χ1) is 7.15. The molecule has 1 aliphatic rings. The molecule has 0 aromatic carbocycles. The van der Waals surface area contributed by atoms with Crippen LogP contribution in [0.2, 0.25) is 0 Å². The summed E-state index contributed by atoms with van der Waals surface area (Å²) in [6.45, 7) is 7.53. The van der Waals surface area contributed by atoms with Crippen LogP contribution in [0.1, 0.15) is 6.92 Å². The molecule has 0 amide bonds. The third-order valence-corrected chi connectivity index (χ3v) is 2.23. The molecule has 1 aliphatic heterocycles. The summed E-state index contributed by atoms with van der Waals surface area (Å²) in [4.78, 5) is 23.6. The first kappa shape index (κ1) is 11.9. The molecule has 5 nitrogen and oxygen atoms in total. The van der Waals surface area contributed by atoms with Gasteiger partial charge in [-0.05, 0) is 6.92 Å². The minimum Gasteiger partial charge on any atom is -0.461 e. The predicted molar refractivity (Wildman–Crippen MR) is 55.2 cm³/mol. The summed E-state index contributed by atoms with van der Waals surface area (Å²) >= 11 is 0. The Morgan fingerprint density at radius 2 is 2.47 bits per heavy atom. The maximum atomic E-state index is 11.0. The van der Waals surface area contributed by atoms with Gasteiger partial charge in [-0.2, -0.15) is 0 Å². The molecule has 1 fully saturated rings. The number of hydrogen-bond acceptors (Lipinski definition) is 5. The lowest BCUT2D eigenvalue weighted by Gasteiger charge is -2.18. The van der Waals surface area contributed by atoms with Crippen LogP contribution < -0.4 is 5.32 Å². The second-order valence-electron chi connectivity index (χ2n) is 3.49. The number of esters is 1. The van der Waals surface area contributed by atoms with Gasteiger partial charge in [0.05, 0.1) is 0 Å². The fraction of sp³-hybridized carbons (Fsp3) is 0.600. The monoisotopic (exact) mass is 212 g/mol. The molecule has 0 aromatic heterocycles. The van der Waals surface area contributed by atoms with Gasteiger partial charge in [0.1, 0.15) is 12.8 Å². The van der Waals surface area contributed by atoms with Gasteiger partial charge in [0.15, 0.2) is 6.29 Å². The minimum atomic E-state index is -0.384. The molecule has 1 atom stereocenters. The number of ether oxygens (including phenoxy) is 1. The van der Waals surface area contributed by atoms with E-state index < -0.39 is 0 Å². The van der Waals surface area contributed by atoms with Crippen LogP contribution in [0.4, 0.5) is 0 Å². The first-order valence-corrected chi connectivity index (χ1v) is 4.90. The van der Waals surface area contributed by atoms with Crippen molar-refractivity contribution in [3.63, 3.8) is 0 Å². The summed E-state index contributed by atoms with van der Waals surface area (Å²) < 4.78 is 4.93. The first-order valence-electron chi connectivity index (χ1n) is 4.90. The Balaban J connectivity index is 2.22. The number of hydrogen-bond donors (Lipinski definition) is 1. The van der Waals surface area contributed by atoms with E-state index in [1.165, 1.54) is 0 Å². The second-order valence-corrected chi connectivity index (χ2v) is 3.49. The maximum absolute atomic E-state index is 11.0. The van der Waals surface area contributed by atoms with Gasteiger partial charge in [-0.1, -0.05) is 6.58 Å². The summed E-state index contributed by atoms with van der Waals surface area (Å²) in [5.74, 6) is -0.384. The SMILES string of the molecule is C=C(C)C(=O)OCCN1CCNC1C=O. The number of aldehydes is 1. The Bertz CT molecular complexity index is 265. The van der Waals surface area contributed by atoms with Crippen molar-refractivity contribution in [2.24, 2.45) is 0 Å². The van der Waals surface area contributed by atoms with Crippen LogP contribution in [0.3, 0.4) is 0 Å².